The van der Waals surface area contributed by atoms with Crippen LogP contribution in [0.25, 0.3) is 0 Å². The van der Waals surface area contributed by atoms with Gasteiger partial charge in [-0.3, -0.25) is 4.99 Å². The van der Waals surface area contributed by atoms with E-state index in [2.05, 4.69) is 32.3 Å². The van der Waals surface area contributed by atoms with Gasteiger partial charge in [-0.2, -0.15) is 0 Å². The van der Waals surface area contributed by atoms with Gasteiger partial charge in [0.05, 0.1) is 13.2 Å². The van der Waals surface area contributed by atoms with Crippen LogP contribution >= 0.6 is 24.0 Å². The first-order chi connectivity index (χ1) is 13.8. The number of benzene rings is 1. The van der Waals surface area contributed by atoms with Gasteiger partial charge in [0.15, 0.2) is 17.5 Å². The Hall–Kier alpha value is -1.26. The minimum absolute atomic E-state index is 0. The zero-order valence-electron chi connectivity index (χ0n) is 17.8. The standard InChI is InChI=1S/C21H35N5O2.HI/c1-3-25-11-13-26(14-12-25)10-5-4-9-23-21(22-2)24-18-7-8-19-20(17-18)28-16-6-15-27-19;/h7-8,17H,3-6,9-16H2,1-2H3,(H2,22,23,24);1H. The number of aliphatic imine (C=N–C) groups is 1. The predicted octanol–water partition coefficient (Wildman–Crippen LogP) is 2.87. The second-order valence-electron chi connectivity index (χ2n) is 7.32. The molecule has 1 aromatic carbocycles. The Morgan fingerprint density at radius 2 is 1.76 bits per heavy atom. The van der Waals surface area contributed by atoms with Gasteiger partial charge in [-0.15, -0.1) is 24.0 Å². The molecule has 1 saturated heterocycles. The summed E-state index contributed by atoms with van der Waals surface area (Å²) >= 11 is 0. The summed E-state index contributed by atoms with van der Waals surface area (Å²) in [6.45, 7) is 11.7. The molecule has 1 aromatic rings. The maximum absolute atomic E-state index is 5.76. The van der Waals surface area contributed by atoms with Crippen molar-refractivity contribution in [2.45, 2.75) is 26.2 Å². The van der Waals surface area contributed by atoms with Crippen LogP contribution in [0.1, 0.15) is 26.2 Å². The summed E-state index contributed by atoms with van der Waals surface area (Å²) in [5, 5.41) is 6.74. The van der Waals surface area contributed by atoms with Crippen LogP contribution < -0.4 is 20.1 Å². The number of nitrogens with one attached hydrogen (secondary N) is 2. The summed E-state index contributed by atoms with van der Waals surface area (Å²) in [6.07, 6.45) is 3.25. The lowest BCUT2D eigenvalue weighted by Crippen LogP contribution is -2.46. The average molecular weight is 517 g/mol. The van der Waals surface area contributed by atoms with Gasteiger partial charge in [0.2, 0.25) is 0 Å². The number of unbranched alkanes of at least 4 members (excludes halogenated alkanes) is 1. The topological polar surface area (TPSA) is 61.4 Å². The number of likely N-dealkylation sites (N-methyl/N-ethyl adjacent to an activating group) is 1. The molecule has 0 radical (unpaired) electrons. The van der Waals surface area contributed by atoms with Crippen LogP contribution in [0.3, 0.4) is 0 Å². The third-order valence-electron chi connectivity index (χ3n) is 5.34. The highest BCUT2D eigenvalue weighted by atomic mass is 127. The third kappa shape index (κ3) is 7.82. The van der Waals surface area contributed by atoms with Crippen LogP contribution in [0.5, 0.6) is 11.5 Å². The monoisotopic (exact) mass is 517 g/mol. The van der Waals surface area contributed by atoms with E-state index in [1.165, 1.54) is 45.7 Å². The average Bonchev–Trinajstić information content (AvgIpc) is 2.98. The van der Waals surface area contributed by atoms with Crippen LogP contribution in [-0.4, -0.2) is 81.8 Å². The number of anilines is 1. The molecule has 2 N–H and O–H groups in total. The van der Waals surface area contributed by atoms with Crippen molar-refractivity contribution in [2.75, 3.05) is 71.4 Å². The molecular formula is C21H36IN5O2. The molecule has 164 valence electrons. The zero-order chi connectivity index (χ0) is 19.6. The molecule has 0 aliphatic carbocycles. The third-order valence-corrected chi connectivity index (χ3v) is 5.34. The number of guanidine groups is 1. The van der Waals surface area contributed by atoms with Crippen molar-refractivity contribution in [1.29, 1.82) is 0 Å². The van der Waals surface area contributed by atoms with Crippen LogP contribution in [0, 0.1) is 0 Å². The largest absolute Gasteiger partial charge is 0.490 e. The molecule has 0 atom stereocenters. The molecule has 0 spiro atoms. The molecular weight excluding hydrogens is 481 g/mol. The molecule has 0 bridgehead atoms. The van der Waals surface area contributed by atoms with Gasteiger partial charge >= 0.3 is 0 Å². The first-order valence-corrected chi connectivity index (χ1v) is 10.6. The van der Waals surface area contributed by atoms with Gasteiger partial charge in [0, 0.05) is 57.9 Å². The van der Waals surface area contributed by atoms with Gasteiger partial charge < -0.3 is 29.9 Å². The summed E-state index contributed by atoms with van der Waals surface area (Å²) < 4.78 is 11.4. The molecule has 0 unspecified atom stereocenters. The zero-order valence-corrected chi connectivity index (χ0v) is 20.1. The Balaban J connectivity index is 0.00000300. The van der Waals surface area contributed by atoms with Crippen molar-refractivity contribution in [1.82, 2.24) is 15.1 Å². The lowest BCUT2D eigenvalue weighted by molar-refractivity contribution is 0.136. The Morgan fingerprint density at radius 1 is 1.03 bits per heavy atom. The first kappa shape index (κ1) is 24.0. The molecule has 3 rings (SSSR count). The van der Waals surface area contributed by atoms with Gasteiger partial charge in [-0.25, -0.2) is 0 Å². The van der Waals surface area contributed by atoms with Crippen molar-refractivity contribution in [3.05, 3.63) is 18.2 Å². The summed E-state index contributed by atoms with van der Waals surface area (Å²) in [4.78, 5) is 9.43. The molecule has 29 heavy (non-hydrogen) atoms. The second-order valence-corrected chi connectivity index (χ2v) is 7.32. The van der Waals surface area contributed by atoms with E-state index in [0.717, 1.165) is 42.5 Å². The van der Waals surface area contributed by atoms with E-state index in [9.17, 15) is 0 Å². The van der Waals surface area contributed by atoms with E-state index in [0.29, 0.717) is 13.2 Å². The van der Waals surface area contributed by atoms with E-state index in [-0.39, 0.29) is 24.0 Å². The SMILES string of the molecule is CCN1CCN(CCCCNC(=NC)Nc2ccc3c(c2)OCCCO3)CC1.I. The van der Waals surface area contributed by atoms with Crippen molar-refractivity contribution >= 4 is 35.6 Å². The highest BCUT2D eigenvalue weighted by Crippen LogP contribution is 2.32. The van der Waals surface area contributed by atoms with Gasteiger partial charge in [0.25, 0.3) is 0 Å². The molecule has 1 fully saturated rings. The van der Waals surface area contributed by atoms with Gasteiger partial charge in [-0.1, -0.05) is 6.92 Å². The number of fused-ring (bicyclic) bond motifs is 1. The Kier molecular flexibility index (Phi) is 10.9. The molecule has 0 aromatic heterocycles. The van der Waals surface area contributed by atoms with Crippen molar-refractivity contribution < 1.29 is 9.47 Å². The molecule has 2 heterocycles. The molecule has 8 heteroatoms. The predicted molar refractivity (Wildman–Crippen MR) is 130 cm³/mol. The summed E-state index contributed by atoms with van der Waals surface area (Å²) in [7, 11) is 1.80. The number of rotatable bonds is 7. The van der Waals surface area contributed by atoms with E-state index >= 15 is 0 Å². The number of hydrogen-bond donors (Lipinski definition) is 2. The smallest absolute Gasteiger partial charge is 0.195 e. The molecule has 2 aliphatic rings. The molecule has 0 amide bonds. The number of hydrogen-bond acceptors (Lipinski definition) is 5. The Labute approximate surface area is 192 Å². The quantitative estimate of drug-likeness (QED) is 0.251. The van der Waals surface area contributed by atoms with Crippen molar-refractivity contribution in [3.63, 3.8) is 0 Å². The minimum atomic E-state index is 0. The lowest BCUT2D eigenvalue weighted by Gasteiger charge is -2.34. The van der Waals surface area contributed by atoms with E-state index < -0.39 is 0 Å². The molecule has 7 nitrogen and oxygen atoms in total. The lowest BCUT2D eigenvalue weighted by atomic mass is 10.2. The fourth-order valence-corrected chi connectivity index (χ4v) is 3.55. The Morgan fingerprint density at radius 3 is 2.48 bits per heavy atom. The number of halogens is 1. The van der Waals surface area contributed by atoms with Crippen LogP contribution in [0.4, 0.5) is 5.69 Å². The fourth-order valence-electron chi connectivity index (χ4n) is 3.55. The summed E-state index contributed by atoms with van der Waals surface area (Å²) in [5.41, 5.74) is 0.950. The van der Waals surface area contributed by atoms with E-state index in [1.54, 1.807) is 7.05 Å². The van der Waals surface area contributed by atoms with E-state index in [1.807, 2.05) is 18.2 Å². The van der Waals surface area contributed by atoms with Crippen LogP contribution in [0.15, 0.2) is 23.2 Å². The number of nitrogens with zero attached hydrogens (tertiary/aromatic N) is 3. The normalized spacial score (nSPS) is 17.9. The minimum Gasteiger partial charge on any atom is -0.490 e. The first-order valence-electron chi connectivity index (χ1n) is 10.6. The summed E-state index contributed by atoms with van der Waals surface area (Å²) in [5.74, 6) is 2.39. The number of piperazine rings is 1. The highest BCUT2D eigenvalue weighted by molar-refractivity contribution is 14.0. The second kappa shape index (κ2) is 13.1. The van der Waals surface area contributed by atoms with Crippen molar-refractivity contribution in [3.8, 4) is 11.5 Å². The fraction of sp³-hybridized carbons (Fsp3) is 0.667. The Bertz CT molecular complexity index is 635. The van der Waals surface area contributed by atoms with Gasteiger partial charge in [0.1, 0.15) is 0 Å². The van der Waals surface area contributed by atoms with E-state index in [4.69, 9.17) is 9.47 Å². The molecule has 2 aliphatic heterocycles. The van der Waals surface area contributed by atoms with Gasteiger partial charge in [-0.05, 0) is 38.1 Å². The maximum Gasteiger partial charge on any atom is 0.195 e. The van der Waals surface area contributed by atoms with Crippen LogP contribution in [-0.2, 0) is 0 Å². The van der Waals surface area contributed by atoms with Crippen molar-refractivity contribution in [2.24, 2.45) is 4.99 Å². The summed E-state index contributed by atoms with van der Waals surface area (Å²) in [6, 6.07) is 5.92. The number of ether oxygens (including phenoxy) is 2. The maximum atomic E-state index is 5.76. The van der Waals surface area contributed by atoms with Crippen LogP contribution in [0.2, 0.25) is 0 Å². The molecule has 0 saturated carbocycles. The highest BCUT2D eigenvalue weighted by Gasteiger charge is 2.14.